The van der Waals surface area contributed by atoms with Gasteiger partial charge in [0, 0.05) is 13.0 Å². The lowest BCUT2D eigenvalue weighted by atomic mass is 10.0. The lowest BCUT2D eigenvalue weighted by Gasteiger charge is -2.29. The van der Waals surface area contributed by atoms with E-state index in [-0.39, 0.29) is 5.91 Å². The highest BCUT2D eigenvalue weighted by atomic mass is 16.2. The minimum Gasteiger partial charge on any atom is -0.286 e. The molecule has 1 N–H and O–H groups in total. The molecule has 1 heterocycles. The van der Waals surface area contributed by atoms with Crippen molar-refractivity contribution in [3.8, 4) is 6.07 Å². The van der Waals surface area contributed by atoms with Crippen molar-refractivity contribution in [2.24, 2.45) is 0 Å². The van der Waals surface area contributed by atoms with Crippen LogP contribution in [-0.2, 0) is 11.2 Å². The highest BCUT2D eigenvalue weighted by Crippen LogP contribution is 2.22. The van der Waals surface area contributed by atoms with E-state index in [0.717, 1.165) is 31.5 Å². The summed E-state index contributed by atoms with van der Waals surface area (Å²) in [5, 5.41) is 11.2. The van der Waals surface area contributed by atoms with Gasteiger partial charge in [0.1, 0.15) is 0 Å². The van der Waals surface area contributed by atoms with Crippen LogP contribution < -0.4 is 10.4 Å². The number of carbonyl (C=O) groups is 1. The van der Waals surface area contributed by atoms with Crippen LogP contribution in [0.4, 0.5) is 5.69 Å². The Balaban J connectivity index is 1.72. The third-order valence-corrected chi connectivity index (χ3v) is 5.28. The van der Waals surface area contributed by atoms with Crippen molar-refractivity contribution in [1.82, 2.24) is 5.43 Å². The van der Waals surface area contributed by atoms with Gasteiger partial charge in [0.25, 0.3) is 0 Å². The number of nitriles is 1. The third kappa shape index (κ3) is 8.03. The Morgan fingerprint density at radius 1 is 1.00 bits per heavy atom. The van der Waals surface area contributed by atoms with Gasteiger partial charge in [-0.05, 0) is 43.0 Å². The van der Waals surface area contributed by atoms with Gasteiger partial charge < -0.3 is 0 Å². The van der Waals surface area contributed by atoms with Crippen LogP contribution in [0, 0.1) is 11.3 Å². The first-order chi connectivity index (χ1) is 13.2. The quantitative estimate of drug-likeness (QED) is 0.484. The first-order valence-corrected chi connectivity index (χ1v) is 10.8. The number of unbranched alkanes of at least 4 members (excludes halogenated alkanes) is 9. The average molecular weight is 370 g/mol. The van der Waals surface area contributed by atoms with Gasteiger partial charge >= 0.3 is 0 Å². The van der Waals surface area contributed by atoms with E-state index in [2.05, 4.69) is 24.5 Å². The molecule has 4 heteroatoms. The normalized spacial score (nSPS) is 14.1. The van der Waals surface area contributed by atoms with E-state index >= 15 is 0 Å². The van der Waals surface area contributed by atoms with Gasteiger partial charge in [-0.25, -0.2) is 0 Å². The SMILES string of the molecule is CCCCCCCCCCCCc1cc(C#N)cc(N2CCCC(=O)N2)c1. The van der Waals surface area contributed by atoms with Gasteiger partial charge in [-0.2, -0.15) is 5.26 Å². The number of carbonyl (C=O) groups excluding carboxylic acids is 1. The van der Waals surface area contributed by atoms with Gasteiger partial charge in [0.15, 0.2) is 0 Å². The average Bonchev–Trinajstić information content (AvgIpc) is 2.69. The predicted molar refractivity (Wildman–Crippen MR) is 111 cm³/mol. The summed E-state index contributed by atoms with van der Waals surface area (Å²) >= 11 is 0. The summed E-state index contributed by atoms with van der Waals surface area (Å²) < 4.78 is 0. The van der Waals surface area contributed by atoms with Crippen molar-refractivity contribution in [3.05, 3.63) is 29.3 Å². The molecule has 0 aromatic heterocycles. The van der Waals surface area contributed by atoms with Crippen molar-refractivity contribution in [2.75, 3.05) is 11.6 Å². The number of hydrogen-bond acceptors (Lipinski definition) is 3. The molecule has 0 aliphatic carbocycles. The zero-order chi connectivity index (χ0) is 19.3. The molecule has 1 aromatic carbocycles. The van der Waals surface area contributed by atoms with E-state index in [1.807, 2.05) is 17.1 Å². The van der Waals surface area contributed by atoms with Crippen LogP contribution >= 0.6 is 0 Å². The minimum atomic E-state index is 0.0554. The van der Waals surface area contributed by atoms with Crippen LogP contribution in [0.15, 0.2) is 18.2 Å². The summed E-state index contributed by atoms with van der Waals surface area (Å²) in [6.07, 6.45) is 15.7. The number of benzene rings is 1. The molecular weight excluding hydrogens is 334 g/mol. The van der Waals surface area contributed by atoms with Crippen LogP contribution in [0.2, 0.25) is 0 Å². The predicted octanol–water partition coefficient (Wildman–Crippen LogP) is 5.65. The summed E-state index contributed by atoms with van der Waals surface area (Å²) in [5.74, 6) is 0.0554. The zero-order valence-corrected chi connectivity index (χ0v) is 16.9. The first kappa shape index (κ1) is 21.3. The van der Waals surface area contributed by atoms with Crippen molar-refractivity contribution in [2.45, 2.75) is 90.4 Å². The molecule has 1 aliphatic rings. The molecule has 1 fully saturated rings. The number of anilines is 1. The van der Waals surface area contributed by atoms with Crippen LogP contribution in [0.5, 0.6) is 0 Å². The minimum absolute atomic E-state index is 0.0554. The van der Waals surface area contributed by atoms with Gasteiger partial charge in [0.05, 0.1) is 17.3 Å². The van der Waals surface area contributed by atoms with E-state index in [1.54, 1.807) is 0 Å². The van der Waals surface area contributed by atoms with Crippen molar-refractivity contribution >= 4 is 11.6 Å². The second-order valence-electron chi connectivity index (χ2n) is 7.72. The van der Waals surface area contributed by atoms with Gasteiger partial charge in [-0.3, -0.25) is 15.2 Å². The second-order valence-corrected chi connectivity index (χ2v) is 7.72. The molecule has 1 amide bonds. The summed E-state index contributed by atoms with van der Waals surface area (Å²) in [6, 6.07) is 8.24. The maximum absolute atomic E-state index is 11.6. The van der Waals surface area contributed by atoms with E-state index in [1.165, 1.54) is 63.4 Å². The number of amides is 1. The monoisotopic (exact) mass is 369 g/mol. The topological polar surface area (TPSA) is 56.1 Å². The molecule has 27 heavy (non-hydrogen) atoms. The van der Waals surface area contributed by atoms with E-state index in [0.29, 0.717) is 12.0 Å². The number of nitrogens with zero attached hydrogens (tertiary/aromatic N) is 2. The van der Waals surface area contributed by atoms with E-state index in [4.69, 9.17) is 0 Å². The third-order valence-electron chi connectivity index (χ3n) is 5.28. The van der Waals surface area contributed by atoms with Gasteiger partial charge in [-0.15, -0.1) is 0 Å². The fourth-order valence-electron chi connectivity index (χ4n) is 3.71. The van der Waals surface area contributed by atoms with Crippen LogP contribution in [0.3, 0.4) is 0 Å². The standard InChI is InChI=1S/C23H35N3O/c1-2-3-4-5-6-7-8-9-10-11-13-20-16-21(19-24)18-22(17-20)26-15-12-14-23(27)25-26/h16-18H,2-15H2,1H3,(H,25,27). The van der Waals surface area contributed by atoms with Gasteiger partial charge in [0.2, 0.25) is 5.91 Å². The molecule has 0 saturated carbocycles. The second kappa shape index (κ2) is 12.4. The molecule has 0 unspecified atom stereocenters. The molecule has 0 radical (unpaired) electrons. The summed E-state index contributed by atoms with van der Waals surface area (Å²) in [6.45, 7) is 3.07. The number of aryl methyl sites for hydroxylation is 1. The molecule has 4 nitrogen and oxygen atoms in total. The Morgan fingerprint density at radius 2 is 1.67 bits per heavy atom. The maximum atomic E-state index is 11.6. The lowest BCUT2D eigenvalue weighted by molar-refractivity contribution is -0.122. The fraction of sp³-hybridized carbons (Fsp3) is 0.652. The van der Waals surface area contributed by atoms with E-state index < -0.39 is 0 Å². The largest absolute Gasteiger partial charge is 0.286 e. The number of rotatable bonds is 12. The van der Waals surface area contributed by atoms with Crippen LogP contribution in [0.1, 0.15) is 95.1 Å². The molecule has 148 valence electrons. The number of hydrazine groups is 1. The van der Waals surface area contributed by atoms with Crippen molar-refractivity contribution in [3.63, 3.8) is 0 Å². The van der Waals surface area contributed by atoms with Crippen molar-refractivity contribution < 1.29 is 4.79 Å². The maximum Gasteiger partial charge on any atom is 0.238 e. The Labute approximate surface area is 164 Å². The van der Waals surface area contributed by atoms with Gasteiger partial charge in [-0.1, -0.05) is 64.7 Å². The van der Waals surface area contributed by atoms with Crippen LogP contribution in [-0.4, -0.2) is 12.5 Å². The summed E-state index contributed by atoms with van der Waals surface area (Å²) in [5.41, 5.74) is 5.71. The lowest BCUT2D eigenvalue weighted by Crippen LogP contribution is -2.47. The summed E-state index contributed by atoms with van der Waals surface area (Å²) in [7, 11) is 0. The van der Waals surface area contributed by atoms with Crippen LogP contribution in [0.25, 0.3) is 0 Å². The van der Waals surface area contributed by atoms with Crippen molar-refractivity contribution in [1.29, 1.82) is 5.26 Å². The van der Waals surface area contributed by atoms with E-state index in [9.17, 15) is 10.1 Å². The zero-order valence-electron chi connectivity index (χ0n) is 16.9. The highest BCUT2D eigenvalue weighted by Gasteiger charge is 2.17. The Bertz CT molecular complexity index is 621. The molecule has 2 rings (SSSR count). The Hall–Kier alpha value is -2.02. The smallest absolute Gasteiger partial charge is 0.238 e. The Morgan fingerprint density at radius 3 is 2.30 bits per heavy atom. The molecule has 0 bridgehead atoms. The highest BCUT2D eigenvalue weighted by molar-refractivity contribution is 5.79. The molecule has 1 saturated heterocycles. The molecular formula is C23H35N3O. The first-order valence-electron chi connectivity index (χ1n) is 10.8. The molecule has 0 spiro atoms. The Kier molecular flexibility index (Phi) is 9.76. The number of hydrogen-bond donors (Lipinski definition) is 1. The summed E-state index contributed by atoms with van der Waals surface area (Å²) in [4.78, 5) is 11.6. The fourth-order valence-corrected chi connectivity index (χ4v) is 3.71. The molecule has 0 atom stereocenters. The molecule has 1 aliphatic heterocycles. The molecule has 1 aromatic rings. The number of nitrogens with one attached hydrogen (secondary N) is 1.